The Kier molecular flexibility index (Phi) is 3.81. The zero-order chi connectivity index (χ0) is 8.27. The minimum Gasteiger partial charge on any atom is -0.305 e. The third-order valence-electron chi connectivity index (χ3n) is 2.71. The SMILES string of the molecule is CCC1CC(PC)CN(C)C1. The Labute approximate surface area is 72.3 Å². The van der Waals surface area contributed by atoms with Crippen LogP contribution in [0.25, 0.3) is 0 Å². The van der Waals surface area contributed by atoms with Crippen molar-refractivity contribution < 1.29 is 0 Å². The molecule has 1 aliphatic rings. The van der Waals surface area contributed by atoms with Gasteiger partial charge in [0.15, 0.2) is 0 Å². The van der Waals surface area contributed by atoms with Crippen molar-refractivity contribution in [2.45, 2.75) is 25.4 Å². The van der Waals surface area contributed by atoms with Gasteiger partial charge in [0.05, 0.1) is 0 Å². The number of rotatable bonds is 2. The molecule has 2 heteroatoms. The summed E-state index contributed by atoms with van der Waals surface area (Å²) in [5, 5.41) is 0. The second-order valence-corrected chi connectivity index (χ2v) is 5.11. The van der Waals surface area contributed by atoms with Gasteiger partial charge in [0.1, 0.15) is 0 Å². The van der Waals surface area contributed by atoms with Crippen LogP contribution in [0.15, 0.2) is 0 Å². The van der Waals surface area contributed by atoms with Gasteiger partial charge in [-0.15, -0.1) is 8.58 Å². The Morgan fingerprint density at radius 3 is 2.73 bits per heavy atom. The summed E-state index contributed by atoms with van der Waals surface area (Å²) in [6.45, 7) is 7.33. The van der Waals surface area contributed by atoms with Crippen LogP contribution >= 0.6 is 8.58 Å². The van der Waals surface area contributed by atoms with E-state index in [0.29, 0.717) is 0 Å². The molecule has 0 aromatic heterocycles. The molecule has 0 aromatic rings. The molecule has 11 heavy (non-hydrogen) atoms. The van der Waals surface area contributed by atoms with Crippen LogP contribution in [0.2, 0.25) is 0 Å². The summed E-state index contributed by atoms with van der Waals surface area (Å²) in [5.41, 5.74) is 0.999. The summed E-state index contributed by atoms with van der Waals surface area (Å²) in [7, 11) is 3.40. The van der Waals surface area contributed by atoms with E-state index < -0.39 is 0 Å². The van der Waals surface area contributed by atoms with Gasteiger partial charge in [0.25, 0.3) is 0 Å². The van der Waals surface area contributed by atoms with Crippen molar-refractivity contribution >= 4 is 8.58 Å². The molecule has 3 atom stereocenters. The standard InChI is InChI=1S/C9H20NP/c1-4-8-5-9(11-3)7-10(2)6-8/h8-9,11H,4-7H2,1-3H3. The Morgan fingerprint density at radius 2 is 2.18 bits per heavy atom. The van der Waals surface area contributed by atoms with E-state index >= 15 is 0 Å². The van der Waals surface area contributed by atoms with Crippen molar-refractivity contribution in [2.24, 2.45) is 5.92 Å². The maximum atomic E-state index is 2.50. The average molecular weight is 173 g/mol. The third kappa shape index (κ3) is 2.72. The highest BCUT2D eigenvalue weighted by molar-refractivity contribution is 7.37. The molecule has 1 nitrogen and oxygen atoms in total. The number of hydrogen-bond donors (Lipinski definition) is 0. The van der Waals surface area contributed by atoms with Gasteiger partial charge >= 0.3 is 0 Å². The van der Waals surface area contributed by atoms with Crippen LogP contribution in [0, 0.1) is 5.92 Å². The monoisotopic (exact) mass is 173 g/mol. The lowest BCUT2D eigenvalue weighted by Crippen LogP contribution is -2.38. The highest BCUT2D eigenvalue weighted by Crippen LogP contribution is 2.28. The van der Waals surface area contributed by atoms with E-state index in [-0.39, 0.29) is 0 Å². The molecule has 0 radical (unpaired) electrons. The quantitative estimate of drug-likeness (QED) is 0.577. The van der Waals surface area contributed by atoms with Gasteiger partial charge in [-0.25, -0.2) is 0 Å². The van der Waals surface area contributed by atoms with Gasteiger partial charge in [-0.3, -0.25) is 0 Å². The van der Waals surface area contributed by atoms with Gasteiger partial charge in [0, 0.05) is 13.1 Å². The minimum absolute atomic E-state index is 0.978. The molecule has 1 fully saturated rings. The summed E-state index contributed by atoms with van der Waals surface area (Å²) in [6, 6.07) is 0. The lowest BCUT2D eigenvalue weighted by molar-refractivity contribution is 0.211. The molecule has 0 spiro atoms. The van der Waals surface area contributed by atoms with E-state index in [1.165, 1.54) is 25.9 Å². The fourth-order valence-electron chi connectivity index (χ4n) is 1.95. The maximum absolute atomic E-state index is 2.50. The molecule has 0 N–H and O–H groups in total. The summed E-state index contributed by atoms with van der Waals surface area (Å²) in [5.74, 6) is 0.978. The van der Waals surface area contributed by atoms with Crippen molar-refractivity contribution in [3.05, 3.63) is 0 Å². The van der Waals surface area contributed by atoms with Gasteiger partial charge in [-0.05, 0) is 31.7 Å². The summed E-state index contributed by atoms with van der Waals surface area (Å²) < 4.78 is 0. The summed E-state index contributed by atoms with van der Waals surface area (Å²) in [6.07, 6.45) is 2.85. The van der Waals surface area contributed by atoms with Crippen molar-refractivity contribution in [1.29, 1.82) is 0 Å². The molecule has 1 heterocycles. The molecule has 0 aromatic carbocycles. The first-order chi connectivity index (χ1) is 5.26. The van der Waals surface area contributed by atoms with Crippen LogP contribution in [0.4, 0.5) is 0 Å². The van der Waals surface area contributed by atoms with Crippen molar-refractivity contribution in [2.75, 3.05) is 26.8 Å². The molecule has 1 saturated heterocycles. The van der Waals surface area contributed by atoms with Crippen LogP contribution in [-0.4, -0.2) is 37.4 Å². The van der Waals surface area contributed by atoms with E-state index in [0.717, 1.165) is 20.2 Å². The van der Waals surface area contributed by atoms with E-state index in [1.807, 2.05) is 0 Å². The van der Waals surface area contributed by atoms with Crippen LogP contribution in [0.5, 0.6) is 0 Å². The molecular weight excluding hydrogens is 153 g/mol. The first-order valence-electron chi connectivity index (χ1n) is 4.62. The van der Waals surface area contributed by atoms with Crippen molar-refractivity contribution in [3.63, 3.8) is 0 Å². The van der Waals surface area contributed by atoms with Gasteiger partial charge in [-0.1, -0.05) is 13.3 Å². The van der Waals surface area contributed by atoms with Gasteiger partial charge in [0.2, 0.25) is 0 Å². The third-order valence-corrected chi connectivity index (χ3v) is 3.94. The summed E-state index contributed by atoms with van der Waals surface area (Å²) >= 11 is 0. The second kappa shape index (κ2) is 4.42. The molecule has 1 rings (SSSR count). The molecular formula is C9H20NP. The first kappa shape index (κ1) is 9.48. The Bertz CT molecular complexity index is 104. The molecule has 1 aliphatic heterocycles. The Morgan fingerprint density at radius 1 is 1.45 bits per heavy atom. The van der Waals surface area contributed by atoms with Crippen LogP contribution in [0.1, 0.15) is 19.8 Å². The highest BCUT2D eigenvalue weighted by Gasteiger charge is 2.22. The summed E-state index contributed by atoms with van der Waals surface area (Å²) in [4.78, 5) is 2.50. The van der Waals surface area contributed by atoms with E-state index in [1.54, 1.807) is 0 Å². The van der Waals surface area contributed by atoms with E-state index in [9.17, 15) is 0 Å². The average Bonchev–Trinajstić information content (AvgIpc) is 2.03. The number of piperidine rings is 1. The molecule has 3 unspecified atom stereocenters. The number of nitrogens with zero attached hydrogens (tertiary/aromatic N) is 1. The molecule has 0 bridgehead atoms. The predicted molar refractivity (Wildman–Crippen MR) is 53.9 cm³/mol. The predicted octanol–water partition coefficient (Wildman–Crippen LogP) is 2.02. The van der Waals surface area contributed by atoms with Crippen molar-refractivity contribution in [3.8, 4) is 0 Å². The number of likely N-dealkylation sites (tertiary alicyclic amines) is 1. The fourth-order valence-corrected chi connectivity index (χ4v) is 3.01. The molecule has 0 aliphatic carbocycles. The highest BCUT2D eigenvalue weighted by atomic mass is 31.1. The van der Waals surface area contributed by atoms with E-state index in [4.69, 9.17) is 0 Å². The molecule has 0 amide bonds. The molecule has 66 valence electrons. The minimum atomic E-state index is 0.978. The van der Waals surface area contributed by atoms with Crippen LogP contribution in [0.3, 0.4) is 0 Å². The normalized spacial score (nSPS) is 35.2. The Balaban J connectivity index is 2.37. The second-order valence-electron chi connectivity index (χ2n) is 3.72. The lowest BCUT2D eigenvalue weighted by Gasteiger charge is -2.34. The van der Waals surface area contributed by atoms with Gasteiger partial charge < -0.3 is 4.90 Å². The Hall–Kier alpha value is 0.390. The zero-order valence-corrected chi connectivity index (χ0v) is 8.93. The van der Waals surface area contributed by atoms with Crippen LogP contribution in [-0.2, 0) is 0 Å². The van der Waals surface area contributed by atoms with Gasteiger partial charge in [-0.2, -0.15) is 0 Å². The molecule has 0 saturated carbocycles. The lowest BCUT2D eigenvalue weighted by atomic mass is 9.96. The largest absolute Gasteiger partial charge is 0.305 e. The zero-order valence-electron chi connectivity index (χ0n) is 7.93. The first-order valence-corrected chi connectivity index (χ1v) is 6.19. The maximum Gasteiger partial charge on any atom is 0.00438 e. The van der Waals surface area contributed by atoms with E-state index in [2.05, 4.69) is 25.5 Å². The number of hydrogen-bond acceptors (Lipinski definition) is 1. The fraction of sp³-hybridized carbons (Fsp3) is 1.00. The van der Waals surface area contributed by atoms with Crippen LogP contribution < -0.4 is 0 Å². The smallest absolute Gasteiger partial charge is 0.00438 e. The van der Waals surface area contributed by atoms with Crippen molar-refractivity contribution in [1.82, 2.24) is 4.90 Å². The topological polar surface area (TPSA) is 3.24 Å².